The smallest absolute Gasteiger partial charge is 0.326 e. The summed E-state index contributed by atoms with van der Waals surface area (Å²) in [6, 6.07) is 9.47. The van der Waals surface area contributed by atoms with Gasteiger partial charge in [0.1, 0.15) is 11.6 Å². The molecule has 0 spiro atoms. The molecule has 12 heteroatoms. The number of nitrogens with zero attached hydrogens (tertiary/aromatic N) is 3. The lowest BCUT2D eigenvalue weighted by atomic mass is 10.2. The first kappa shape index (κ1) is 23.8. The van der Waals surface area contributed by atoms with E-state index in [1.165, 1.54) is 24.3 Å². The third-order valence-electron chi connectivity index (χ3n) is 4.44. The lowest BCUT2D eigenvalue weighted by Gasteiger charge is -2.20. The second kappa shape index (κ2) is 8.26. The molecule has 0 aliphatic carbocycles. The van der Waals surface area contributed by atoms with Crippen molar-refractivity contribution in [1.29, 1.82) is 0 Å². The summed E-state index contributed by atoms with van der Waals surface area (Å²) in [6.45, 7) is 6.79. The summed E-state index contributed by atoms with van der Waals surface area (Å²) in [7, 11) is -8.21. The molecule has 32 heavy (non-hydrogen) atoms. The summed E-state index contributed by atoms with van der Waals surface area (Å²) in [6.07, 6.45) is 0. The van der Waals surface area contributed by atoms with Gasteiger partial charge in [0.2, 0.25) is 0 Å². The Morgan fingerprint density at radius 2 is 1.59 bits per heavy atom. The number of ether oxygens (including phenoxy) is 1. The van der Waals surface area contributed by atoms with E-state index in [0.717, 1.165) is 22.0 Å². The fourth-order valence-corrected chi connectivity index (χ4v) is 6.92. The van der Waals surface area contributed by atoms with Crippen LogP contribution in [-0.2, 0) is 29.5 Å². The summed E-state index contributed by atoms with van der Waals surface area (Å²) < 4.78 is 50.0. The molecule has 172 valence electrons. The first-order chi connectivity index (χ1) is 14.7. The van der Waals surface area contributed by atoms with Gasteiger partial charge in [-0.25, -0.2) is 4.21 Å². The topological polar surface area (TPSA) is 136 Å². The van der Waals surface area contributed by atoms with Gasteiger partial charge in [-0.05, 0) is 52.0 Å². The minimum atomic E-state index is -4.38. The van der Waals surface area contributed by atoms with Crippen LogP contribution in [0.3, 0.4) is 0 Å². The van der Waals surface area contributed by atoms with Crippen molar-refractivity contribution in [1.82, 2.24) is 4.31 Å². The highest BCUT2D eigenvalue weighted by molar-refractivity contribution is 8.02. The minimum absolute atomic E-state index is 0.0301. The van der Waals surface area contributed by atoms with Gasteiger partial charge < -0.3 is 4.74 Å². The largest absolute Gasteiger partial charge is 0.459 e. The number of esters is 1. The van der Waals surface area contributed by atoms with Crippen LogP contribution in [0.5, 0.6) is 0 Å². The number of non-ortho nitro benzene ring substituents is 1. The number of carbonyl (C=O) groups excluding carboxylic acids is 1. The van der Waals surface area contributed by atoms with E-state index in [1.54, 1.807) is 39.8 Å². The number of nitro groups is 1. The molecule has 10 nitrogen and oxygen atoms in total. The molecule has 0 radical (unpaired) electrons. The van der Waals surface area contributed by atoms with Crippen molar-refractivity contribution in [3.63, 3.8) is 0 Å². The monoisotopic (exact) mass is 481 g/mol. The molecule has 2 aromatic carbocycles. The molecule has 0 amide bonds. The fraction of sp³-hybridized carbons (Fsp3) is 0.350. The molecule has 0 aromatic heterocycles. The van der Waals surface area contributed by atoms with Crippen LogP contribution >= 0.6 is 0 Å². The van der Waals surface area contributed by atoms with Gasteiger partial charge in [0.15, 0.2) is 9.92 Å². The van der Waals surface area contributed by atoms with Gasteiger partial charge in [0, 0.05) is 18.7 Å². The van der Waals surface area contributed by atoms with Crippen molar-refractivity contribution in [3.8, 4) is 0 Å². The Bertz CT molecular complexity index is 1270. The van der Waals surface area contributed by atoms with Crippen molar-refractivity contribution in [2.45, 2.75) is 49.1 Å². The van der Waals surface area contributed by atoms with Crippen molar-refractivity contribution in [3.05, 3.63) is 64.2 Å². The van der Waals surface area contributed by atoms with E-state index in [-0.39, 0.29) is 22.0 Å². The molecule has 1 heterocycles. The van der Waals surface area contributed by atoms with Crippen LogP contribution in [-0.4, -0.2) is 46.0 Å². The molecule has 1 saturated heterocycles. The quantitative estimate of drug-likeness (QED) is 0.268. The molecule has 3 unspecified atom stereocenters. The van der Waals surface area contributed by atoms with E-state index in [9.17, 15) is 27.5 Å². The van der Waals surface area contributed by atoms with Crippen LogP contribution in [0.1, 0.15) is 26.3 Å². The summed E-state index contributed by atoms with van der Waals surface area (Å²) in [5.41, 5.74) is -0.215. The average Bonchev–Trinajstić information content (AvgIpc) is 3.48. The second-order valence-corrected chi connectivity index (χ2v) is 12.2. The third-order valence-corrected chi connectivity index (χ3v) is 8.82. The van der Waals surface area contributed by atoms with E-state index in [2.05, 4.69) is 3.77 Å². The summed E-state index contributed by atoms with van der Waals surface area (Å²) >= 11 is 0. The van der Waals surface area contributed by atoms with E-state index in [4.69, 9.17) is 4.74 Å². The van der Waals surface area contributed by atoms with Crippen molar-refractivity contribution < 1.29 is 27.1 Å². The maximum absolute atomic E-state index is 14.0. The third kappa shape index (κ3) is 5.14. The molecule has 2 aromatic rings. The SMILES string of the molecule is Cc1ccc(S(=O)(=O)N=S(=O)(c2ccc([N+](=O)[O-])cc2)N2CC2C(=O)OC(C)(C)C)cc1. The number of hydrogen-bond donors (Lipinski definition) is 0. The standard InChI is InChI=1S/C20H23N3O7S2/c1-14-5-9-17(10-6-14)32(28,29)21-31(27,16-11-7-15(8-12-16)23(25)26)22-13-18(22)19(24)30-20(2,3)4/h5-12,18H,13H2,1-4H3. The fourth-order valence-electron chi connectivity index (χ4n) is 2.81. The number of rotatable bonds is 6. The van der Waals surface area contributed by atoms with Gasteiger partial charge in [0.25, 0.3) is 15.7 Å². The highest BCUT2D eigenvalue weighted by Crippen LogP contribution is 2.34. The molecule has 3 rings (SSSR count). The predicted molar refractivity (Wildman–Crippen MR) is 117 cm³/mol. The van der Waals surface area contributed by atoms with Crippen molar-refractivity contribution in [2.24, 2.45) is 3.77 Å². The Hall–Kier alpha value is -2.83. The molecular weight excluding hydrogens is 458 g/mol. The maximum Gasteiger partial charge on any atom is 0.326 e. The average molecular weight is 482 g/mol. The minimum Gasteiger partial charge on any atom is -0.459 e. The zero-order valence-corrected chi connectivity index (χ0v) is 19.6. The molecule has 0 bridgehead atoms. The van der Waals surface area contributed by atoms with Crippen LogP contribution in [0.4, 0.5) is 5.69 Å². The van der Waals surface area contributed by atoms with Crippen LogP contribution in [0.15, 0.2) is 62.1 Å². The summed E-state index contributed by atoms with van der Waals surface area (Å²) in [4.78, 5) is 22.6. The van der Waals surface area contributed by atoms with Gasteiger partial charge in [-0.2, -0.15) is 12.7 Å². The van der Waals surface area contributed by atoms with E-state index in [1.807, 2.05) is 0 Å². The lowest BCUT2D eigenvalue weighted by molar-refractivity contribution is -0.384. The first-order valence-electron chi connectivity index (χ1n) is 9.57. The normalized spacial score (nSPS) is 20.1. The Morgan fingerprint density at radius 1 is 1.06 bits per heavy atom. The predicted octanol–water partition coefficient (Wildman–Crippen LogP) is 3.06. The lowest BCUT2D eigenvalue weighted by Crippen LogP contribution is -2.29. The molecule has 1 aliphatic heterocycles. The van der Waals surface area contributed by atoms with Gasteiger partial charge in [-0.3, -0.25) is 14.9 Å². The zero-order valence-electron chi connectivity index (χ0n) is 17.9. The molecular formula is C20H23N3O7S2. The number of carbonyl (C=O) groups is 1. The molecule has 0 saturated carbocycles. The number of nitro benzene ring substituents is 1. The number of benzene rings is 2. The number of sulfonamides is 1. The second-order valence-electron chi connectivity index (χ2n) is 8.26. The molecule has 1 fully saturated rings. The first-order valence-corrected chi connectivity index (χ1v) is 12.5. The molecule has 3 atom stereocenters. The maximum atomic E-state index is 14.0. The van der Waals surface area contributed by atoms with Crippen LogP contribution in [0.2, 0.25) is 0 Å². The Morgan fingerprint density at radius 3 is 2.09 bits per heavy atom. The van der Waals surface area contributed by atoms with Crippen molar-refractivity contribution >= 4 is 31.6 Å². The molecule has 0 N–H and O–H groups in total. The molecule has 1 aliphatic rings. The van der Waals surface area contributed by atoms with E-state index in [0.29, 0.717) is 0 Å². The number of aryl methyl sites for hydroxylation is 1. The van der Waals surface area contributed by atoms with Crippen LogP contribution in [0.25, 0.3) is 0 Å². The summed E-state index contributed by atoms with van der Waals surface area (Å²) in [5, 5.41) is 11.0. The van der Waals surface area contributed by atoms with E-state index < -0.39 is 42.5 Å². The zero-order chi connectivity index (χ0) is 23.9. The van der Waals surface area contributed by atoms with E-state index >= 15 is 0 Å². The summed E-state index contributed by atoms with van der Waals surface area (Å²) in [5.74, 6) is -0.657. The Kier molecular flexibility index (Phi) is 6.15. The van der Waals surface area contributed by atoms with Gasteiger partial charge in [0.05, 0.1) is 14.7 Å². The van der Waals surface area contributed by atoms with Gasteiger partial charge in [-0.1, -0.05) is 21.5 Å². The highest BCUT2D eigenvalue weighted by Gasteiger charge is 2.51. The van der Waals surface area contributed by atoms with Crippen molar-refractivity contribution in [2.75, 3.05) is 6.54 Å². The van der Waals surface area contributed by atoms with Gasteiger partial charge >= 0.3 is 5.97 Å². The number of hydrogen-bond acceptors (Lipinski definition) is 7. The van der Waals surface area contributed by atoms with Crippen LogP contribution < -0.4 is 0 Å². The van der Waals surface area contributed by atoms with Crippen LogP contribution in [0, 0.1) is 17.0 Å². The highest BCUT2D eigenvalue weighted by atomic mass is 32.3. The van der Waals surface area contributed by atoms with Gasteiger partial charge in [-0.15, -0.1) is 0 Å². The Balaban J connectivity index is 2.09. The Labute approximate surface area is 186 Å².